The van der Waals surface area contributed by atoms with E-state index >= 15 is 0 Å². The van der Waals surface area contributed by atoms with Gasteiger partial charge in [0, 0.05) is 45.4 Å². The zero-order valence-electron chi connectivity index (χ0n) is 15.8. The van der Waals surface area contributed by atoms with Gasteiger partial charge in [0.15, 0.2) is 11.5 Å². The van der Waals surface area contributed by atoms with Crippen LogP contribution in [0.3, 0.4) is 0 Å². The highest BCUT2D eigenvalue weighted by Crippen LogP contribution is 2.45. The molecule has 3 heterocycles. The molecule has 2 aromatic rings. The summed E-state index contributed by atoms with van der Waals surface area (Å²) in [5, 5.41) is 10.7. The average Bonchev–Trinajstić information content (AvgIpc) is 3.25. The SMILES string of the molecule is CNC(=O)c1ccc(N2C[C@@H]3CN(C(C)=O)[C@H](c4cccc(F)c4)[C@@H]3C2)nn1. The number of fused-ring (bicyclic) bond motifs is 1. The van der Waals surface area contributed by atoms with Gasteiger partial charge in [0.1, 0.15) is 5.82 Å². The summed E-state index contributed by atoms with van der Waals surface area (Å²) in [4.78, 5) is 27.8. The number of benzene rings is 1. The van der Waals surface area contributed by atoms with Gasteiger partial charge in [-0.1, -0.05) is 12.1 Å². The molecule has 2 aliphatic rings. The Morgan fingerprint density at radius 2 is 1.96 bits per heavy atom. The predicted octanol–water partition coefficient (Wildman–Crippen LogP) is 1.63. The Labute approximate surface area is 162 Å². The molecule has 2 amide bonds. The monoisotopic (exact) mass is 383 g/mol. The van der Waals surface area contributed by atoms with Crippen LogP contribution in [-0.4, -0.2) is 53.6 Å². The summed E-state index contributed by atoms with van der Waals surface area (Å²) in [5.41, 5.74) is 1.09. The zero-order chi connectivity index (χ0) is 19.8. The minimum Gasteiger partial charge on any atom is -0.354 e. The van der Waals surface area contributed by atoms with Gasteiger partial charge in [0.2, 0.25) is 5.91 Å². The fourth-order valence-electron chi connectivity index (χ4n) is 4.42. The Morgan fingerprint density at radius 3 is 2.61 bits per heavy atom. The maximum atomic E-state index is 13.8. The Kier molecular flexibility index (Phi) is 4.70. The van der Waals surface area contributed by atoms with Gasteiger partial charge in [-0.05, 0) is 29.8 Å². The molecule has 8 heteroatoms. The van der Waals surface area contributed by atoms with E-state index in [1.165, 1.54) is 12.1 Å². The molecule has 0 saturated carbocycles. The molecule has 0 unspecified atom stereocenters. The van der Waals surface area contributed by atoms with Crippen LogP contribution in [0.1, 0.15) is 29.0 Å². The average molecular weight is 383 g/mol. The molecule has 0 aliphatic carbocycles. The molecule has 4 rings (SSSR count). The molecular formula is C20H22FN5O2. The fraction of sp³-hybridized carbons (Fsp3) is 0.400. The normalized spacial score (nSPS) is 23.6. The van der Waals surface area contributed by atoms with E-state index in [1.807, 2.05) is 11.0 Å². The lowest BCUT2D eigenvalue weighted by molar-refractivity contribution is -0.130. The summed E-state index contributed by atoms with van der Waals surface area (Å²) in [6, 6.07) is 9.79. The lowest BCUT2D eigenvalue weighted by Crippen LogP contribution is -2.34. The lowest BCUT2D eigenvalue weighted by atomic mass is 9.89. The van der Waals surface area contributed by atoms with E-state index in [4.69, 9.17) is 0 Å². The third-order valence-electron chi connectivity index (χ3n) is 5.69. The molecular weight excluding hydrogens is 361 g/mol. The summed E-state index contributed by atoms with van der Waals surface area (Å²) in [7, 11) is 1.55. The van der Waals surface area contributed by atoms with Crippen molar-refractivity contribution >= 4 is 17.6 Å². The molecule has 2 aliphatic heterocycles. The second-order valence-corrected chi connectivity index (χ2v) is 7.36. The van der Waals surface area contributed by atoms with Crippen molar-refractivity contribution < 1.29 is 14.0 Å². The molecule has 1 aromatic carbocycles. The first-order valence-corrected chi connectivity index (χ1v) is 9.31. The minimum absolute atomic E-state index is 0.00457. The minimum atomic E-state index is -0.296. The summed E-state index contributed by atoms with van der Waals surface area (Å²) in [5.74, 6) is 0.596. The second kappa shape index (κ2) is 7.18. The molecule has 1 N–H and O–H groups in total. The topological polar surface area (TPSA) is 78.4 Å². The lowest BCUT2D eigenvalue weighted by Gasteiger charge is -2.29. The number of carbonyl (C=O) groups is 2. The van der Waals surface area contributed by atoms with Crippen molar-refractivity contribution in [2.24, 2.45) is 11.8 Å². The molecule has 0 bridgehead atoms. The molecule has 7 nitrogen and oxygen atoms in total. The fourth-order valence-corrected chi connectivity index (χ4v) is 4.42. The van der Waals surface area contributed by atoms with E-state index in [9.17, 15) is 14.0 Å². The molecule has 28 heavy (non-hydrogen) atoms. The number of halogens is 1. The highest BCUT2D eigenvalue weighted by molar-refractivity contribution is 5.91. The molecule has 2 saturated heterocycles. The van der Waals surface area contributed by atoms with Crippen molar-refractivity contribution in [2.75, 3.05) is 31.6 Å². The predicted molar refractivity (Wildman–Crippen MR) is 101 cm³/mol. The van der Waals surface area contributed by atoms with E-state index in [1.54, 1.807) is 32.2 Å². The first kappa shape index (κ1) is 18.3. The van der Waals surface area contributed by atoms with Crippen LogP contribution in [0, 0.1) is 17.7 Å². The Morgan fingerprint density at radius 1 is 1.14 bits per heavy atom. The van der Waals surface area contributed by atoms with Crippen molar-refractivity contribution in [2.45, 2.75) is 13.0 Å². The molecule has 2 fully saturated rings. The number of nitrogens with zero attached hydrogens (tertiary/aromatic N) is 4. The largest absolute Gasteiger partial charge is 0.354 e. The van der Waals surface area contributed by atoms with Gasteiger partial charge in [0.05, 0.1) is 6.04 Å². The van der Waals surface area contributed by atoms with Crippen LogP contribution in [0.2, 0.25) is 0 Å². The standard InChI is InChI=1S/C20H22FN5O2/c1-12(27)26-10-14-9-25(18-7-6-17(23-24-18)20(28)22-2)11-16(14)19(26)13-4-3-5-15(21)8-13/h3-8,14,16,19H,9-11H2,1-2H3,(H,22,28)/t14-,16-,19-/m1/s1. The number of likely N-dealkylation sites (tertiary alicyclic amines) is 1. The molecule has 3 atom stereocenters. The number of nitrogens with one attached hydrogen (secondary N) is 1. The van der Waals surface area contributed by atoms with Crippen molar-refractivity contribution in [3.05, 3.63) is 53.5 Å². The number of hydrogen-bond donors (Lipinski definition) is 1. The van der Waals surface area contributed by atoms with E-state index in [-0.39, 0.29) is 41.2 Å². The van der Waals surface area contributed by atoms with Crippen LogP contribution in [0.15, 0.2) is 36.4 Å². The maximum Gasteiger partial charge on any atom is 0.271 e. The van der Waals surface area contributed by atoms with Crippen LogP contribution in [0.4, 0.5) is 10.2 Å². The van der Waals surface area contributed by atoms with E-state index in [0.29, 0.717) is 18.9 Å². The number of amides is 2. The quantitative estimate of drug-likeness (QED) is 0.872. The van der Waals surface area contributed by atoms with Gasteiger partial charge >= 0.3 is 0 Å². The summed E-state index contributed by atoms with van der Waals surface area (Å²) >= 11 is 0. The third kappa shape index (κ3) is 3.19. The Hall–Kier alpha value is -3.03. The van der Waals surface area contributed by atoms with Crippen molar-refractivity contribution in [1.82, 2.24) is 20.4 Å². The first-order chi connectivity index (χ1) is 13.5. The van der Waals surface area contributed by atoms with Crippen LogP contribution < -0.4 is 10.2 Å². The molecule has 146 valence electrons. The smallest absolute Gasteiger partial charge is 0.271 e. The second-order valence-electron chi connectivity index (χ2n) is 7.36. The third-order valence-corrected chi connectivity index (χ3v) is 5.69. The van der Waals surface area contributed by atoms with Crippen molar-refractivity contribution in [3.8, 4) is 0 Å². The number of aromatic nitrogens is 2. The van der Waals surface area contributed by atoms with Gasteiger partial charge in [-0.3, -0.25) is 9.59 Å². The van der Waals surface area contributed by atoms with Gasteiger partial charge in [-0.15, -0.1) is 10.2 Å². The van der Waals surface area contributed by atoms with Crippen LogP contribution >= 0.6 is 0 Å². The van der Waals surface area contributed by atoms with Crippen LogP contribution in [-0.2, 0) is 4.79 Å². The van der Waals surface area contributed by atoms with E-state index in [2.05, 4.69) is 20.4 Å². The van der Waals surface area contributed by atoms with Crippen LogP contribution in [0.25, 0.3) is 0 Å². The van der Waals surface area contributed by atoms with Gasteiger partial charge in [0.25, 0.3) is 5.91 Å². The number of carbonyl (C=O) groups excluding carboxylic acids is 2. The van der Waals surface area contributed by atoms with E-state index in [0.717, 1.165) is 12.1 Å². The highest BCUT2D eigenvalue weighted by atomic mass is 19.1. The summed E-state index contributed by atoms with van der Waals surface area (Å²) < 4.78 is 13.8. The molecule has 0 spiro atoms. The van der Waals surface area contributed by atoms with Gasteiger partial charge in [-0.2, -0.15) is 0 Å². The molecule has 1 aromatic heterocycles. The van der Waals surface area contributed by atoms with Gasteiger partial charge in [-0.25, -0.2) is 4.39 Å². The summed E-state index contributed by atoms with van der Waals surface area (Å²) in [6.45, 7) is 3.65. The zero-order valence-corrected chi connectivity index (χ0v) is 15.8. The number of anilines is 1. The van der Waals surface area contributed by atoms with Crippen molar-refractivity contribution in [1.29, 1.82) is 0 Å². The number of rotatable bonds is 3. The van der Waals surface area contributed by atoms with Crippen LogP contribution in [0.5, 0.6) is 0 Å². The Bertz CT molecular complexity index is 904. The van der Waals surface area contributed by atoms with E-state index < -0.39 is 0 Å². The summed E-state index contributed by atoms with van der Waals surface area (Å²) in [6.07, 6.45) is 0. The van der Waals surface area contributed by atoms with Gasteiger partial charge < -0.3 is 15.1 Å². The first-order valence-electron chi connectivity index (χ1n) is 9.31. The molecule has 0 radical (unpaired) electrons. The number of hydrogen-bond acceptors (Lipinski definition) is 5. The highest BCUT2D eigenvalue weighted by Gasteiger charge is 2.48. The maximum absolute atomic E-state index is 13.8. The Balaban J connectivity index is 1.58. The van der Waals surface area contributed by atoms with Crippen molar-refractivity contribution in [3.63, 3.8) is 0 Å².